The van der Waals surface area contributed by atoms with Crippen molar-refractivity contribution < 1.29 is 9.53 Å². The van der Waals surface area contributed by atoms with E-state index in [0.717, 1.165) is 17.0 Å². The van der Waals surface area contributed by atoms with E-state index in [4.69, 9.17) is 4.74 Å². The number of amides is 1. The Morgan fingerprint density at radius 3 is 2.81 bits per heavy atom. The Morgan fingerprint density at radius 1 is 1.22 bits per heavy atom. The number of hydrogen-bond donors (Lipinski definition) is 2. The summed E-state index contributed by atoms with van der Waals surface area (Å²) in [5.74, 6) is 7.11. The molecule has 1 amide bonds. The number of carbonyl (C=O) groups excluding carboxylic acids is 1. The summed E-state index contributed by atoms with van der Waals surface area (Å²) in [6.07, 6.45) is 5.86. The second-order valence-corrected chi connectivity index (χ2v) is 6.47. The van der Waals surface area contributed by atoms with Gasteiger partial charge in [0.25, 0.3) is 0 Å². The SMILES string of the molecule is O=C(C#Cc1ccccc1)Nc1cc(-c2ncc[nH]2)ccc1OCC1CC1. The number of hydrogen-bond acceptors (Lipinski definition) is 3. The Kier molecular flexibility index (Phi) is 4.88. The summed E-state index contributed by atoms with van der Waals surface area (Å²) in [5, 5.41) is 2.85. The first-order valence-corrected chi connectivity index (χ1v) is 8.92. The van der Waals surface area contributed by atoms with Crippen molar-refractivity contribution in [2.75, 3.05) is 11.9 Å². The molecule has 1 heterocycles. The lowest BCUT2D eigenvalue weighted by Gasteiger charge is -2.12. The van der Waals surface area contributed by atoms with Gasteiger partial charge in [-0.15, -0.1) is 0 Å². The van der Waals surface area contributed by atoms with Gasteiger partial charge in [0.1, 0.15) is 11.6 Å². The quantitative estimate of drug-likeness (QED) is 0.682. The van der Waals surface area contributed by atoms with Crippen molar-refractivity contribution in [3.8, 4) is 29.0 Å². The van der Waals surface area contributed by atoms with Gasteiger partial charge in [-0.25, -0.2) is 4.98 Å². The first kappa shape index (κ1) is 16.9. The van der Waals surface area contributed by atoms with Gasteiger partial charge in [0.05, 0.1) is 12.3 Å². The molecule has 2 aromatic carbocycles. The lowest BCUT2D eigenvalue weighted by molar-refractivity contribution is -0.111. The summed E-state index contributed by atoms with van der Waals surface area (Å²) < 4.78 is 5.90. The zero-order valence-electron chi connectivity index (χ0n) is 14.7. The number of nitrogens with zero attached hydrogens (tertiary/aromatic N) is 1. The minimum Gasteiger partial charge on any atom is -0.491 e. The molecule has 1 aliphatic carbocycles. The normalized spacial score (nSPS) is 12.7. The molecule has 5 nitrogen and oxygen atoms in total. The highest BCUT2D eigenvalue weighted by atomic mass is 16.5. The Balaban J connectivity index is 1.55. The fraction of sp³-hybridized carbons (Fsp3) is 0.182. The molecule has 0 bridgehead atoms. The predicted octanol–water partition coefficient (Wildman–Crippen LogP) is 3.86. The summed E-state index contributed by atoms with van der Waals surface area (Å²) in [5.41, 5.74) is 2.25. The Bertz CT molecular complexity index is 981. The minimum absolute atomic E-state index is 0.383. The number of aromatic amines is 1. The number of ether oxygens (including phenoxy) is 1. The van der Waals surface area contributed by atoms with Crippen LogP contribution in [-0.2, 0) is 4.79 Å². The van der Waals surface area contributed by atoms with Crippen LogP contribution < -0.4 is 10.1 Å². The van der Waals surface area contributed by atoms with Crippen molar-refractivity contribution in [1.82, 2.24) is 9.97 Å². The second-order valence-electron chi connectivity index (χ2n) is 6.47. The first-order valence-electron chi connectivity index (χ1n) is 8.92. The standard InChI is InChI=1S/C22H19N3O2/c26-21(11-8-16-4-2-1-3-5-16)25-19-14-18(22-23-12-13-24-22)9-10-20(19)27-15-17-6-7-17/h1-5,9-10,12-14,17H,6-7,15H2,(H,23,24)(H,25,26). The van der Waals surface area contributed by atoms with Gasteiger partial charge < -0.3 is 15.0 Å². The molecule has 4 rings (SSSR count). The van der Waals surface area contributed by atoms with Crippen molar-refractivity contribution >= 4 is 11.6 Å². The number of rotatable bonds is 5. The smallest absolute Gasteiger partial charge is 0.300 e. The van der Waals surface area contributed by atoms with Crippen LogP contribution in [0.5, 0.6) is 5.75 Å². The van der Waals surface area contributed by atoms with Crippen LogP contribution in [0.25, 0.3) is 11.4 Å². The van der Waals surface area contributed by atoms with Crippen molar-refractivity contribution in [2.24, 2.45) is 5.92 Å². The third kappa shape index (κ3) is 4.56. The van der Waals surface area contributed by atoms with Crippen LogP contribution in [0.3, 0.4) is 0 Å². The highest BCUT2D eigenvalue weighted by Gasteiger charge is 2.22. The maximum atomic E-state index is 12.3. The van der Waals surface area contributed by atoms with Crippen molar-refractivity contribution in [2.45, 2.75) is 12.8 Å². The van der Waals surface area contributed by atoms with Gasteiger partial charge in [-0.2, -0.15) is 0 Å². The zero-order valence-corrected chi connectivity index (χ0v) is 14.7. The molecule has 1 saturated carbocycles. The Labute approximate surface area is 157 Å². The van der Waals surface area contributed by atoms with Gasteiger partial charge in [0.2, 0.25) is 0 Å². The van der Waals surface area contributed by atoms with E-state index in [1.165, 1.54) is 12.8 Å². The maximum absolute atomic E-state index is 12.3. The molecule has 2 N–H and O–H groups in total. The molecular weight excluding hydrogens is 338 g/mol. The minimum atomic E-state index is -0.383. The van der Waals surface area contributed by atoms with Gasteiger partial charge in [-0.3, -0.25) is 4.79 Å². The fourth-order valence-electron chi connectivity index (χ4n) is 2.62. The van der Waals surface area contributed by atoms with E-state index in [9.17, 15) is 4.79 Å². The van der Waals surface area contributed by atoms with Gasteiger partial charge in [-0.05, 0) is 49.1 Å². The molecule has 5 heteroatoms. The maximum Gasteiger partial charge on any atom is 0.300 e. The molecule has 0 unspecified atom stereocenters. The topological polar surface area (TPSA) is 67.0 Å². The van der Waals surface area contributed by atoms with Crippen LogP contribution in [-0.4, -0.2) is 22.5 Å². The molecule has 3 aromatic rings. The molecule has 0 radical (unpaired) electrons. The molecule has 0 atom stereocenters. The van der Waals surface area contributed by atoms with Crippen LogP contribution in [0.4, 0.5) is 5.69 Å². The lowest BCUT2D eigenvalue weighted by Crippen LogP contribution is -2.11. The average molecular weight is 357 g/mol. The lowest BCUT2D eigenvalue weighted by atomic mass is 10.1. The third-order valence-electron chi connectivity index (χ3n) is 4.27. The molecule has 1 aliphatic rings. The largest absolute Gasteiger partial charge is 0.491 e. The highest BCUT2D eigenvalue weighted by molar-refractivity contribution is 6.05. The first-order chi connectivity index (χ1) is 13.3. The van der Waals surface area contributed by atoms with Crippen molar-refractivity contribution in [1.29, 1.82) is 0 Å². The van der Waals surface area contributed by atoms with E-state index in [0.29, 0.717) is 24.0 Å². The van der Waals surface area contributed by atoms with Gasteiger partial charge >= 0.3 is 5.91 Å². The van der Waals surface area contributed by atoms with E-state index < -0.39 is 0 Å². The van der Waals surface area contributed by atoms with E-state index in [-0.39, 0.29) is 5.91 Å². The Hall–Kier alpha value is -3.52. The van der Waals surface area contributed by atoms with Crippen molar-refractivity contribution in [3.05, 3.63) is 66.5 Å². The van der Waals surface area contributed by atoms with Gasteiger partial charge in [-0.1, -0.05) is 24.1 Å². The van der Waals surface area contributed by atoms with Crippen LogP contribution in [0.2, 0.25) is 0 Å². The summed E-state index contributed by atoms with van der Waals surface area (Å²) in [7, 11) is 0. The summed E-state index contributed by atoms with van der Waals surface area (Å²) in [4.78, 5) is 19.6. The summed E-state index contributed by atoms with van der Waals surface area (Å²) >= 11 is 0. The summed E-state index contributed by atoms with van der Waals surface area (Å²) in [6.45, 7) is 0.665. The Morgan fingerprint density at radius 2 is 2.07 bits per heavy atom. The number of carbonyl (C=O) groups is 1. The molecular formula is C22H19N3O2. The zero-order chi connectivity index (χ0) is 18.5. The predicted molar refractivity (Wildman–Crippen MR) is 104 cm³/mol. The molecule has 0 saturated heterocycles. The van der Waals surface area contributed by atoms with Crippen LogP contribution >= 0.6 is 0 Å². The number of benzene rings is 2. The monoisotopic (exact) mass is 357 g/mol. The summed E-state index contributed by atoms with van der Waals surface area (Å²) in [6, 6.07) is 15.0. The van der Waals surface area contributed by atoms with E-state index >= 15 is 0 Å². The van der Waals surface area contributed by atoms with Gasteiger partial charge in [0.15, 0.2) is 0 Å². The van der Waals surface area contributed by atoms with Gasteiger partial charge in [0, 0.05) is 29.4 Å². The van der Waals surface area contributed by atoms with E-state index in [2.05, 4.69) is 27.1 Å². The second kappa shape index (κ2) is 7.79. The number of anilines is 1. The number of imidazole rings is 1. The number of H-pyrrole nitrogens is 1. The number of aromatic nitrogens is 2. The highest BCUT2D eigenvalue weighted by Crippen LogP contribution is 2.33. The van der Waals surface area contributed by atoms with Crippen LogP contribution in [0.1, 0.15) is 18.4 Å². The molecule has 27 heavy (non-hydrogen) atoms. The van der Waals surface area contributed by atoms with Crippen molar-refractivity contribution in [3.63, 3.8) is 0 Å². The molecule has 1 fully saturated rings. The molecule has 0 aliphatic heterocycles. The third-order valence-corrected chi connectivity index (χ3v) is 4.27. The van der Waals surface area contributed by atoms with E-state index in [1.807, 2.05) is 48.5 Å². The average Bonchev–Trinajstić information content (AvgIpc) is 3.37. The van der Waals surface area contributed by atoms with E-state index in [1.54, 1.807) is 12.4 Å². The number of nitrogens with one attached hydrogen (secondary N) is 2. The van der Waals surface area contributed by atoms with Crippen LogP contribution in [0, 0.1) is 17.8 Å². The molecule has 1 aromatic heterocycles. The molecule has 134 valence electrons. The van der Waals surface area contributed by atoms with Crippen LogP contribution in [0.15, 0.2) is 60.9 Å². The molecule has 0 spiro atoms. The fourth-order valence-corrected chi connectivity index (χ4v) is 2.62.